The van der Waals surface area contributed by atoms with E-state index in [1.165, 1.54) is 63.4 Å². The minimum absolute atomic E-state index is 0.390. The summed E-state index contributed by atoms with van der Waals surface area (Å²) in [5.41, 5.74) is 2.34. The zero-order valence-electron chi connectivity index (χ0n) is 15.4. The average Bonchev–Trinajstić information content (AvgIpc) is 2.62. The molecule has 0 amide bonds. The summed E-state index contributed by atoms with van der Waals surface area (Å²) in [5.74, 6) is 1.02. The molecule has 1 saturated carbocycles. The van der Waals surface area contributed by atoms with Crippen molar-refractivity contribution in [3.05, 3.63) is 47.5 Å². The normalized spacial score (nSPS) is 16.3. The van der Waals surface area contributed by atoms with Crippen LogP contribution in [0.2, 0.25) is 0 Å². The Morgan fingerprint density at radius 2 is 1.71 bits per heavy atom. The fourth-order valence-electron chi connectivity index (χ4n) is 3.70. The molecule has 0 radical (unpaired) electrons. The molecule has 1 heteroatoms. The Bertz CT molecular complexity index is 494. The standard InChI is InChI=1S/C23H34O/c1-2-3-4-5-12-17-23(24)22(18-20-13-8-6-9-14-20)19-21-15-10-7-11-16-21/h6,8-9,13-14,19,21H,2-5,7,10-12,15-18H2,1H3/b22-19+. The van der Waals surface area contributed by atoms with E-state index in [9.17, 15) is 4.79 Å². The zero-order chi connectivity index (χ0) is 17.0. The van der Waals surface area contributed by atoms with Crippen LogP contribution in [0.5, 0.6) is 0 Å². The number of benzene rings is 1. The fourth-order valence-corrected chi connectivity index (χ4v) is 3.70. The molecule has 1 fully saturated rings. The van der Waals surface area contributed by atoms with Crippen LogP contribution in [0.3, 0.4) is 0 Å². The van der Waals surface area contributed by atoms with Crippen molar-refractivity contribution in [3.63, 3.8) is 0 Å². The van der Waals surface area contributed by atoms with E-state index < -0.39 is 0 Å². The maximum absolute atomic E-state index is 12.8. The highest BCUT2D eigenvalue weighted by molar-refractivity contribution is 5.95. The van der Waals surface area contributed by atoms with Crippen molar-refractivity contribution in [2.75, 3.05) is 0 Å². The second-order valence-electron chi connectivity index (χ2n) is 7.34. The molecule has 0 atom stereocenters. The number of Topliss-reactive ketones (excluding diaryl/α,β-unsaturated/α-hetero) is 1. The number of ketones is 1. The fraction of sp³-hybridized carbons (Fsp3) is 0.609. The van der Waals surface area contributed by atoms with Gasteiger partial charge in [-0.3, -0.25) is 4.79 Å². The SMILES string of the molecule is CCCCCCCC(=O)/C(=C/C1CCCCC1)Cc1ccccc1. The summed E-state index contributed by atoms with van der Waals surface area (Å²) in [5, 5.41) is 0. The van der Waals surface area contributed by atoms with Crippen LogP contribution in [0.4, 0.5) is 0 Å². The van der Waals surface area contributed by atoms with Gasteiger partial charge in [-0.25, -0.2) is 0 Å². The molecule has 0 unspecified atom stereocenters. The van der Waals surface area contributed by atoms with Crippen LogP contribution in [0, 0.1) is 5.92 Å². The van der Waals surface area contributed by atoms with Crippen LogP contribution in [0.15, 0.2) is 42.0 Å². The minimum Gasteiger partial charge on any atom is -0.295 e. The quantitative estimate of drug-likeness (QED) is 0.347. The van der Waals surface area contributed by atoms with Crippen LogP contribution in [0.25, 0.3) is 0 Å². The van der Waals surface area contributed by atoms with Gasteiger partial charge in [0.05, 0.1) is 0 Å². The Balaban J connectivity index is 1.95. The number of hydrogen-bond donors (Lipinski definition) is 0. The van der Waals surface area contributed by atoms with Crippen molar-refractivity contribution in [2.45, 2.75) is 84.0 Å². The smallest absolute Gasteiger partial charge is 0.158 e. The third-order valence-corrected chi connectivity index (χ3v) is 5.19. The first-order valence-electron chi connectivity index (χ1n) is 10.1. The summed E-state index contributed by atoms with van der Waals surface area (Å²) in [6.45, 7) is 2.23. The molecule has 1 nitrogen and oxygen atoms in total. The molecular formula is C23H34O. The first-order valence-corrected chi connectivity index (χ1v) is 10.1. The van der Waals surface area contributed by atoms with Gasteiger partial charge in [0.1, 0.15) is 0 Å². The monoisotopic (exact) mass is 326 g/mol. The molecule has 1 aromatic rings. The van der Waals surface area contributed by atoms with Gasteiger partial charge in [0.25, 0.3) is 0 Å². The van der Waals surface area contributed by atoms with Gasteiger partial charge in [-0.15, -0.1) is 0 Å². The maximum atomic E-state index is 12.8. The maximum Gasteiger partial charge on any atom is 0.158 e. The summed E-state index contributed by atoms with van der Waals surface area (Å²) >= 11 is 0. The first-order chi connectivity index (χ1) is 11.8. The van der Waals surface area contributed by atoms with E-state index >= 15 is 0 Å². The molecule has 24 heavy (non-hydrogen) atoms. The number of rotatable bonds is 10. The van der Waals surface area contributed by atoms with Gasteiger partial charge in [0.15, 0.2) is 5.78 Å². The first kappa shape index (κ1) is 19.0. The Labute approximate surface area is 148 Å². The van der Waals surface area contributed by atoms with E-state index in [-0.39, 0.29) is 0 Å². The molecule has 0 aromatic heterocycles. The number of carbonyl (C=O) groups excluding carboxylic acids is 1. The number of unbranched alkanes of at least 4 members (excludes halogenated alkanes) is 4. The van der Waals surface area contributed by atoms with Crippen LogP contribution in [0.1, 0.15) is 83.1 Å². The highest BCUT2D eigenvalue weighted by Gasteiger charge is 2.16. The van der Waals surface area contributed by atoms with Gasteiger partial charge < -0.3 is 0 Å². The summed E-state index contributed by atoms with van der Waals surface area (Å²) in [4.78, 5) is 12.8. The van der Waals surface area contributed by atoms with E-state index in [1.807, 2.05) is 6.07 Å². The van der Waals surface area contributed by atoms with Gasteiger partial charge in [-0.05, 0) is 36.3 Å². The van der Waals surface area contributed by atoms with Crippen LogP contribution in [-0.4, -0.2) is 5.78 Å². The Kier molecular flexibility index (Phi) is 8.87. The Morgan fingerprint density at radius 1 is 1.00 bits per heavy atom. The van der Waals surface area contributed by atoms with E-state index in [2.05, 4.69) is 37.3 Å². The van der Waals surface area contributed by atoms with E-state index in [1.54, 1.807) is 0 Å². The molecule has 0 aliphatic heterocycles. The molecule has 0 heterocycles. The van der Waals surface area contributed by atoms with Gasteiger partial charge in [-0.2, -0.15) is 0 Å². The molecule has 0 spiro atoms. The van der Waals surface area contributed by atoms with Gasteiger partial charge in [0.2, 0.25) is 0 Å². The lowest BCUT2D eigenvalue weighted by Gasteiger charge is -2.20. The third kappa shape index (κ3) is 7.03. The van der Waals surface area contributed by atoms with Crippen LogP contribution < -0.4 is 0 Å². The van der Waals surface area contributed by atoms with Crippen molar-refractivity contribution in [3.8, 4) is 0 Å². The molecule has 1 aromatic carbocycles. The zero-order valence-corrected chi connectivity index (χ0v) is 15.4. The summed E-state index contributed by atoms with van der Waals surface area (Å²) in [7, 11) is 0. The van der Waals surface area contributed by atoms with Crippen LogP contribution >= 0.6 is 0 Å². The summed E-state index contributed by atoms with van der Waals surface area (Å²) in [6, 6.07) is 10.5. The van der Waals surface area contributed by atoms with Gasteiger partial charge in [-0.1, -0.05) is 88.3 Å². The molecule has 0 N–H and O–H groups in total. The molecule has 1 aliphatic rings. The number of hydrogen-bond acceptors (Lipinski definition) is 1. The lowest BCUT2D eigenvalue weighted by Crippen LogP contribution is -2.10. The molecule has 0 saturated heterocycles. The highest BCUT2D eigenvalue weighted by atomic mass is 16.1. The van der Waals surface area contributed by atoms with Gasteiger partial charge >= 0.3 is 0 Å². The van der Waals surface area contributed by atoms with Crippen molar-refractivity contribution >= 4 is 5.78 Å². The van der Waals surface area contributed by atoms with Crippen molar-refractivity contribution in [1.82, 2.24) is 0 Å². The molecule has 1 aliphatic carbocycles. The summed E-state index contributed by atoms with van der Waals surface area (Å²) in [6.07, 6.45) is 16.5. The predicted molar refractivity (Wildman–Crippen MR) is 103 cm³/mol. The van der Waals surface area contributed by atoms with E-state index in [4.69, 9.17) is 0 Å². The molecule has 0 bridgehead atoms. The second kappa shape index (κ2) is 11.2. The number of carbonyl (C=O) groups is 1. The topological polar surface area (TPSA) is 17.1 Å². The van der Waals surface area contributed by atoms with Gasteiger partial charge in [0, 0.05) is 12.8 Å². The summed E-state index contributed by atoms with van der Waals surface area (Å²) < 4.78 is 0. The van der Waals surface area contributed by atoms with E-state index in [0.29, 0.717) is 11.7 Å². The third-order valence-electron chi connectivity index (χ3n) is 5.19. The lowest BCUT2D eigenvalue weighted by molar-refractivity contribution is -0.115. The Hall–Kier alpha value is -1.37. The second-order valence-corrected chi connectivity index (χ2v) is 7.34. The Morgan fingerprint density at radius 3 is 2.42 bits per heavy atom. The predicted octanol–water partition coefficient (Wildman–Crippen LogP) is 6.67. The average molecular weight is 327 g/mol. The van der Waals surface area contributed by atoms with Crippen molar-refractivity contribution < 1.29 is 4.79 Å². The molecule has 2 rings (SSSR count). The molecular weight excluding hydrogens is 292 g/mol. The largest absolute Gasteiger partial charge is 0.295 e. The van der Waals surface area contributed by atoms with E-state index in [0.717, 1.165) is 24.8 Å². The number of allylic oxidation sites excluding steroid dienone is 2. The highest BCUT2D eigenvalue weighted by Crippen LogP contribution is 2.27. The van der Waals surface area contributed by atoms with Crippen LogP contribution in [-0.2, 0) is 11.2 Å². The lowest BCUT2D eigenvalue weighted by atomic mass is 9.85. The van der Waals surface area contributed by atoms with Crippen molar-refractivity contribution in [1.29, 1.82) is 0 Å². The molecule has 132 valence electrons. The minimum atomic E-state index is 0.390. The van der Waals surface area contributed by atoms with Crippen molar-refractivity contribution in [2.24, 2.45) is 5.92 Å².